The van der Waals surface area contributed by atoms with Crippen LogP contribution < -0.4 is 10.5 Å². The highest BCUT2D eigenvalue weighted by molar-refractivity contribution is 6.32. The van der Waals surface area contributed by atoms with Crippen LogP contribution in [-0.4, -0.2) is 12.6 Å². The Kier molecular flexibility index (Phi) is 3.63. The maximum Gasteiger partial charge on any atom is 0.137 e. The Morgan fingerprint density at radius 1 is 1.40 bits per heavy atom. The zero-order chi connectivity index (χ0) is 11.6. The molecule has 0 aliphatic heterocycles. The predicted octanol–water partition coefficient (Wildman–Crippen LogP) is 3.19. The molecule has 1 atom stereocenters. The largest absolute Gasteiger partial charge is 0.495 e. The van der Waals surface area contributed by atoms with Crippen molar-refractivity contribution in [3.63, 3.8) is 0 Å². The van der Waals surface area contributed by atoms with Crippen LogP contribution in [0.5, 0.6) is 5.75 Å². The second-order valence-electron chi connectivity index (χ2n) is 4.44. The highest BCUT2D eigenvalue weighted by Crippen LogP contribution is 2.31. The number of ether oxygens (including phenoxy) is 1. The molecule has 0 spiro atoms. The van der Waals surface area contributed by atoms with Gasteiger partial charge in [0.15, 0.2) is 0 Å². The Morgan fingerprint density at radius 3 is 2.40 bits per heavy atom. The first-order valence-electron chi connectivity index (χ1n) is 4.98. The van der Waals surface area contributed by atoms with E-state index >= 15 is 0 Å². The number of nitrogens with two attached hydrogens (primary N) is 1. The Hall–Kier alpha value is -0.730. The number of rotatable bonds is 3. The third kappa shape index (κ3) is 2.86. The Morgan fingerprint density at radius 2 is 2.00 bits per heavy atom. The van der Waals surface area contributed by atoms with Crippen LogP contribution in [0.3, 0.4) is 0 Å². The van der Waals surface area contributed by atoms with E-state index < -0.39 is 0 Å². The second kappa shape index (κ2) is 4.42. The van der Waals surface area contributed by atoms with Gasteiger partial charge in [0.05, 0.1) is 12.1 Å². The van der Waals surface area contributed by atoms with Crippen molar-refractivity contribution in [2.45, 2.75) is 32.2 Å². The van der Waals surface area contributed by atoms with Crippen LogP contribution in [0.2, 0.25) is 5.02 Å². The van der Waals surface area contributed by atoms with Gasteiger partial charge in [0, 0.05) is 5.54 Å². The van der Waals surface area contributed by atoms with Crippen molar-refractivity contribution >= 4 is 11.6 Å². The minimum Gasteiger partial charge on any atom is -0.495 e. The van der Waals surface area contributed by atoms with Gasteiger partial charge in [0.1, 0.15) is 5.75 Å². The van der Waals surface area contributed by atoms with E-state index in [2.05, 4.69) is 6.92 Å². The molecular formula is C12H18ClNO. The quantitative estimate of drug-likeness (QED) is 0.861. The molecule has 0 saturated carbocycles. The fourth-order valence-electron chi connectivity index (χ4n) is 1.38. The van der Waals surface area contributed by atoms with Crippen LogP contribution in [0.25, 0.3) is 0 Å². The summed E-state index contributed by atoms with van der Waals surface area (Å²) in [7, 11) is 1.61. The first-order chi connectivity index (χ1) is 6.86. The smallest absolute Gasteiger partial charge is 0.137 e. The zero-order valence-electron chi connectivity index (χ0n) is 9.67. The average Bonchev–Trinajstić information content (AvgIpc) is 2.15. The van der Waals surface area contributed by atoms with Crippen LogP contribution in [0.4, 0.5) is 0 Å². The van der Waals surface area contributed by atoms with Gasteiger partial charge in [0.2, 0.25) is 0 Å². The van der Waals surface area contributed by atoms with Crippen LogP contribution in [0, 0.1) is 0 Å². The summed E-state index contributed by atoms with van der Waals surface area (Å²) in [6.07, 6.45) is 0. The Balaban J connectivity index is 3.02. The standard InChI is InChI=1S/C12H18ClNO/c1-8(12(2,3)14)9-5-6-11(15-4)10(13)7-9/h5-8H,14H2,1-4H3. The highest BCUT2D eigenvalue weighted by atomic mass is 35.5. The molecule has 3 heteroatoms. The maximum absolute atomic E-state index is 6.06. The molecule has 0 radical (unpaired) electrons. The molecule has 0 aliphatic carbocycles. The van der Waals surface area contributed by atoms with E-state index in [1.807, 2.05) is 32.0 Å². The summed E-state index contributed by atoms with van der Waals surface area (Å²) in [6, 6.07) is 5.80. The monoisotopic (exact) mass is 227 g/mol. The van der Waals surface area contributed by atoms with Gasteiger partial charge in [-0.3, -0.25) is 0 Å². The van der Waals surface area contributed by atoms with Crippen LogP contribution in [0.1, 0.15) is 32.3 Å². The number of halogens is 1. The molecule has 1 aromatic carbocycles. The minimum atomic E-state index is -0.252. The third-order valence-electron chi connectivity index (χ3n) is 2.79. The first-order valence-corrected chi connectivity index (χ1v) is 5.36. The Bertz CT molecular complexity index is 344. The predicted molar refractivity (Wildman–Crippen MR) is 64.7 cm³/mol. The molecule has 0 bridgehead atoms. The Labute approximate surface area is 96.4 Å². The first kappa shape index (κ1) is 12.3. The van der Waals surface area contributed by atoms with Crippen molar-refractivity contribution in [3.8, 4) is 5.75 Å². The van der Waals surface area contributed by atoms with Gasteiger partial charge in [-0.15, -0.1) is 0 Å². The van der Waals surface area contributed by atoms with Gasteiger partial charge in [-0.1, -0.05) is 24.6 Å². The lowest BCUT2D eigenvalue weighted by atomic mass is 9.84. The topological polar surface area (TPSA) is 35.2 Å². The van der Waals surface area contributed by atoms with Crippen LogP contribution in [0.15, 0.2) is 18.2 Å². The molecule has 2 nitrogen and oxygen atoms in total. The summed E-state index contributed by atoms with van der Waals surface area (Å²) in [5, 5.41) is 0.631. The van der Waals surface area contributed by atoms with Gasteiger partial charge in [-0.2, -0.15) is 0 Å². The number of hydrogen-bond acceptors (Lipinski definition) is 2. The van der Waals surface area contributed by atoms with Crippen LogP contribution >= 0.6 is 11.6 Å². The van der Waals surface area contributed by atoms with Gasteiger partial charge >= 0.3 is 0 Å². The average molecular weight is 228 g/mol. The molecule has 0 saturated heterocycles. The third-order valence-corrected chi connectivity index (χ3v) is 3.09. The van der Waals surface area contributed by atoms with E-state index in [9.17, 15) is 0 Å². The molecule has 15 heavy (non-hydrogen) atoms. The molecule has 84 valence electrons. The molecular weight excluding hydrogens is 210 g/mol. The summed E-state index contributed by atoms with van der Waals surface area (Å²) in [4.78, 5) is 0. The van der Waals surface area contributed by atoms with Crippen molar-refractivity contribution in [2.24, 2.45) is 5.73 Å². The summed E-state index contributed by atoms with van der Waals surface area (Å²) in [5.41, 5.74) is 6.94. The van der Waals surface area contributed by atoms with E-state index in [0.717, 1.165) is 5.56 Å². The zero-order valence-corrected chi connectivity index (χ0v) is 10.4. The van der Waals surface area contributed by atoms with E-state index in [1.54, 1.807) is 7.11 Å². The molecule has 0 amide bonds. The van der Waals surface area contributed by atoms with Crippen molar-refractivity contribution in [2.75, 3.05) is 7.11 Å². The molecule has 1 aromatic rings. The van der Waals surface area contributed by atoms with E-state index in [-0.39, 0.29) is 11.5 Å². The number of methoxy groups -OCH3 is 1. The van der Waals surface area contributed by atoms with Gasteiger partial charge in [-0.05, 0) is 37.5 Å². The molecule has 0 aliphatic rings. The highest BCUT2D eigenvalue weighted by Gasteiger charge is 2.22. The lowest BCUT2D eigenvalue weighted by Gasteiger charge is -2.27. The van der Waals surface area contributed by atoms with Crippen molar-refractivity contribution in [1.82, 2.24) is 0 Å². The molecule has 1 unspecified atom stereocenters. The van der Waals surface area contributed by atoms with Crippen molar-refractivity contribution in [1.29, 1.82) is 0 Å². The maximum atomic E-state index is 6.06. The minimum absolute atomic E-state index is 0.251. The summed E-state index contributed by atoms with van der Waals surface area (Å²) in [5.74, 6) is 0.948. The van der Waals surface area contributed by atoms with E-state index in [1.165, 1.54) is 0 Å². The second-order valence-corrected chi connectivity index (χ2v) is 4.84. The summed E-state index contributed by atoms with van der Waals surface area (Å²) in [6.45, 7) is 6.11. The van der Waals surface area contributed by atoms with Gasteiger partial charge < -0.3 is 10.5 Å². The number of benzene rings is 1. The molecule has 2 N–H and O–H groups in total. The lowest BCUT2D eigenvalue weighted by Crippen LogP contribution is -2.37. The van der Waals surface area contributed by atoms with E-state index in [0.29, 0.717) is 10.8 Å². The fraction of sp³-hybridized carbons (Fsp3) is 0.500. The van der Waals surface area contributed by atoms with Gasteiger partial charge in [0.25, 0.3) is 0 Å². The molecule has 0 heterocycles. The van der Waals surface area contributed by atoms with Crippen molar-refractivity contribution < 1.29 is 4.74 Å². The molecule has 0 aromatic heterocycles. The lowest BCUT2D eigenvalue weighted by molar-refractivity contribution is 0.412. The fourth-order valence-corrected chi connectivity index (χ4v) is 1.65. The van der Waals surface area contributed by atoms with E-state index in [4.69, 9.17) is 22.1 Å². The SMILES string of the molecule is COc1ccc(C(C)C(C)(C)N)cc1Cl. The summed E-state index contributed by atoms with van der Waals surface area (Å²) < 4.78 is 5.10. The van der Waals surface area contributed by atoms with Crippen LogP contribution in [-0.2, 0) is 0 Å². The normalized spacial score (nSPS) is 13.7. The number of hydrogen-bond donors (Lipinski definition) is 1. The van der Waals surface area contributed by atoms with Crippen molar-refractivity contribution in [3.05, 3.63) is 28.8 Å². The van der Waals surface area contributed by atoms with Gasteiger partial charge in [-0.25, -0.2) is 0 Å². The molecule has 1 rings (SSSR count). The molecule has 0 fully saturated rings. The summed E-state index contributed by atoms with van der Waals surface area (Å²) >= 11 is 6.06.